The molecule has 0 unspecified atom stereocenters. The number of nitrogens with zero attached hydrogens (tertiary/aromatic N) is 2. The summed E-state index contributed by atoms with van der Waals surface area (Å²) in [5.41, 5.74) is 2.61. The predicted octanol–water partition coefficient (Wildman–Crippen LogP) is 5.08. The normalized spacial score (nSPS) is 21.2. The van der Waals surface area contributed by atoms with Crippen LogP contribution < -0.4 is 15.4 Å². The average Bonchev–Trinajstić information content (AvgIpc) is 3.57. The molecule has 2 aliphatic rings. The van der Waals surface area contributed by atoms with Gasteiger partial charge in [0, 0.05) is 35.3 Å². The van der Waals surface area contributed by atoms with Gasteiger partial charge in [0.15, 0.2) is 0 Å². The van der Waals surface area contributed by atoms with Gasteiger partial charge in [-0.3, -0.25) is 9.59 Å². The number of H-pyrrole nitrogens is 1. The Morgan fingerprint density at radius 2 is 1.97 bits per heavy atom. The highest BCUT2D eigenvalue weighted by Gasteiger charge is 2.34. The van der Waals surface area contributed by atoms with Crippen LogP contribution in [0.3, 0.4) is 0 Å². The van der Waals surface area contributed by atoms with E-state index in [1.807, 2.05) is 6.92 Å². The summed E-state index contributed by atoms with van der Waals surface area (Å²) < 4.78 is 33.2. The Kier molecular flexibility index (Phi) is 7.32. The van der Waals surface area contributed by atoms with Crippen molar-refractivity contribution in [1.29, 1.82) is 0 Å². The molecule has 38 heavy (non-hydrogen) atoms. The predicted molar refractivity (Wildman–Crippen MR) is 139 cm³/mol. The van der Waals surface area contributed by atoms with Gasteiger partial charge in [-0.15, -0.1) is 0 Å². The second kappa shape index (κ2) is 10.7. The van der Waals surface area contributed by atoms with Crippen LogP contribution in [0.2, 0.25) is 0 Å². The SMILES string of the molecule is CCC(=O)N[C@H]1C[C@@H](C)[C@H](NC(=O)c2c(C)[nH]c3c(-c4cc(C(F)F)ccc4OCC4CC4)ncnc23)C1. The number of carbonyl (C=O) groups is 2. The largest absolute Gasteiger partial charge is 0.493 e. The Balaban J connectivity index is 1.45. The van der Waals surface area contributed by atoms with Gasteiger partial charge in [0.05, 0.1) is 17.7 Å². The van der Waals surface area contributed by atoms with Gasteiger partial charge >= 0.3 is 0 Å². The van der Waals surface area contributed by atoms with Crippen molar-refractivity contribution in [3.05, 3.63) is 41.3 Å². The van der Waals surface area contributed by atoms with Crippen LogP contribution in [-0.4, -0.2) is 45.5 Å². The Morgan fingerprint density at radius 3 is 2.68 bits per heavy atom. The Morgan fingerprint density at radius 1 is 1.18 bits per heavy atom. The number of hydrogen-bond donors (Lipinski definition) is 3. The lowest BCUT2D eigenvalue weighted by Crippen LogP contribution is -2.38. The zero-order valence-electron chi connectivity index (χ0n) is 21.8. The molecule has 2 fully saturated rings. The summed E-state index contributed by atoms with van der Waals surface area (Å²) in [7, 11) is 0. The number of halogens is 2. The van der Waals surface area contributed by atoms with E-state index in [0.29, 0.717) is 64.7 Å². The van der Waals surface area contributed by atoms with Crippen molar-refractivity contribution in [2.24, 2.45) is 11.8 Å². The molecule has 10 heteroatoms. The van der Waals surface area contributed by atoms with Crippen molar-refractivity contribution >= 4 is 22.8 Å². The number of amides is 2. The van der Waals surface area contributed by atoms with E-state index in [-0.39, 0.29) is 35.4 Å². The summed E-state index contributed by atoms with van der Waals surface area (Å²) in [6.45, 7) is 6.17. The number of aromatic amines is 1. The number of nitrogens with one attached hydrogen (secondary N) is 3. The van der Waals surface area contributed by atoms with Gasteiger partial charge < -0.3 is 20.4 Å². The number of carbonyl (C=O) groups excluding carboxylic acids is 2. The molecule has 3 atom stereocenters. The molecule has 3 aromatic rings. The van der Waals surface area contributed by atoms with Crippen molar-refractivity contribution < 1.29 is 23.1 Å². The highest BCUT2D eigenvalue weighted by molar-refractivity contribution is 6.09. The number of aryl methyl sites for hydroxylation is 1. The molecule has 0 aliphatic heterocycles. The van der Waals surface area contributed by atoms with E-state index in [0.717, 1.165) is 19.3 Å². The third-order valence-corrected chi connectivity index (χ3v) is 7.57. The highest BCUT2D eigenvalue weighted by atomic mass is 19.3. The van der Waals surface area contributed by atoms with E-state index in [2.05, 4.69) is 32.5 Å². The Labute approximate surface area is 220 Å². The summed E-state index contributed by atoms with van der Waals surface area (Å²) >= 11 is 0. The van der Waals surface area contributed by atoms with Gasteiger partial charge in [-0.05, 0) is 62.6 Å². The van der Waals surface area contributed by atoms with Crippen LogP contribution in [0, 0.1) is 18.8 Å². The summed E-state index contributed by atoms with van der Waals surface area (Å²) in [6.07, 6.45) is 2.77. The van der Waals surface area contributed by atoms with Crippen molar-refractivity contribution in [3.63, 3.8) is 0 Å². The molecule has 1 aromatic carbocycles. The van der Waals surface area contributed by atoms with Gasteiger partial charge in [0.2, 0.25) is 5.91 Å². The van der Waals surface area contributed by atoms with E-state index in [4.69, 9.17) is 4.74 Å². The van der Waals surface area contributed by atoms with Gasteiger partial charge in [0.1, 0.15) is 23.3 Å². The van der Waals surface area contributed by atoms with E-state index in [1.54, 1.807) is 13.0 Å². The van der Waals surface area contributed by atoms with Gasteiger partial charge in [-0.1, -0.05) is 13.8 Å². The number of rotatable bonds is 9. The van der Waals surface area contributed by atoms with Gasteiger partial charge in [0.25, 0.3) is 12.3 Å². The molecule has 2 aliphatic carbocycles. The number of ether oxygens (including phenoxy) is 1. The molecule has 8 nitrogen and oxygen atoms in total. The van der Waals surface area contributed by atoms with Crippen LogP contribution >= 0.6 is 0 Å². The molecule has 202 valence electrons. The molecule has 0 bridgehead atoms. The van der Waals surface area contributed by atoms with Crippen molar-refractivity contribution in [3.8, 4) is 17.0 Å². The quantitative estimate of drug-likeness (QED) is 0.361. The fourth-order valence-electron chi connectivity index (χ4n) is 5.23. The van der Waals surface area contributed by atoms with Crippen LogP contribution in [0.4, 0.5) is 8.78 Å². The molecular weight excluding hydrogens is 492 g/mol. The Bertz CT molecular complexity index is 1350. The van der Waals surface area contributed by atoms with Crippen LogP contribution in [0.5, 0.6) is 5.75 Å². The topological polar surface area (TPSA) is 109 Å². The monoisotopic (exact) mass is 525 g/mol. The second-order valence-electron chi connectivity index (χ2n) is 10.5. The standard InChI is InChI=1S/C28H33F2N5O3/c1-4-22(36)34-18-9-14(2)20(11-18)35-28(37)23-15(3)33-26-24(31-13-32-25(23)26)19-10-17(27(29)30)7-8-21(19)38-12-16-5-6-16/h7-8,10,13-14,16,18,20,27,33H,4-6,9,11-12H2,1-3H3,(H,34,36)(H,35,37)/t14-,18+,20-/m1/s1. The number of alkyl halides is 2. The van der Waals surface area contributed by atoms with Crippen LogP contribution in [0.25, 0.3) is 22.3 Å². The lowest BCUT2D eigenvalue weighted by Gasteiger charge is -2.17. The van der Waals surface area contributed by atoms with E-state index >= 15 is 0 Å². The molecular formula is C28H33F2N5O3. The first kappa shape index (κ1) is 26.1. The molecule has 2 amide bonds. The lowest BCUT2D eigenvalue weighted by atomic mass is 10.0. The van der Waals surface area contributed by atoms with Crippen LogP contribution in [0.1, 0.15) is 74.0 Å². The zero-order chi connectivity index (χ0) is 27.0. The summed E-state index contributed by atoms with van der Waals surface area (Å²) in [5.74, 6) is 0.880. The molecule has 2 saturated carbocycles. The number of hydrogen-bond acceptors (Lipinski definition) is 5. The minimum atomic E-state index is -2.64. The lowest BCUT2D eigenvalue weighted by molar-refractivity contribution is -0.121. The van der Waals surface area contributed by atoms with Crippen molar-refractivity contribution in [2.75, 3.05) is 6.61 Å². The van der Waals surface area contributed by atoms with Crippen molar-refractivity contribution in [2.45, 2.75) is 71.4 Å². The smallest absolute Gasteiger partial charge is 0.263 e. The van der Waals surface area contributed by atoms with Crippen molar-refractivity contribution in [1.82, 2.24) is 25.6 Å². The first-order valence-corrected chi connectivity index (χ1v) is 13.2. The molecule has 3 N–H and O–H groups in total. The maximum atomic E-state index is 13.6. The second-order valence-corrected chi connectivity index (χ2v) is 10.5. The fraction of sp³-hybridized carbons (Fsp3) is 0.500. The molecule has 0 saturated heterocycles. The molecule has 0 radical (unpaired) electrons. The first-order chi connectivity index (χ1) is 18.2. The van der Waals surface area contributed by atoms with E-state index in [9.17, 15) is 18.4 Å². The van der Waals surface area contributed by atoms with Gasteiger partial charge in [-0.25, -0.2) is 18.7 Å². The third-order valence-electron chi connectivity index (χ3n) is 7.57. The maximum Gasteiger partial charge on any atom is 0.263 e. The molecule has 2 heterocycles. The summed E-state index contributed by atoms with van der Waals surface area (Å²) in [5, 5.41) is 6.15. The van der Waals surface area contributed by atoms with Crippen LogP contribution in [-0.2, 0) is 4.79 Å². The zero-order valence-corrected chi connectivity index (χ0v) is 21.8. The first-order valence-electron chi connectivity index (χ1n) is 13.2. The highest BCUT2D eigenvalue weighted by Crippen LogP contribution is 2.38. The van der Waals surface area contributed by atoms with E-state index < -0.39 is 6.43 Å². The maximum absolute atomic E-state index is 13.6. The minimum absolute atomic E-state index is 0.00210. The Hall–Kier alpha value is -3.56. The molecule has 2 aromatic heterocycles. The summed E-state index contributed by atoms with van der Waals surface area (Å²) in [6, 6.07) is 4.26. The van der Waals surface area contributed by atoms with E-state index in [1.165, 1.54) is 18.5 Å². The fourth-order valence-corrected chi connectivity index (χ4v) is 5.23. The number of aromatic nitrogens is 3. The number of fused-ring (bicyclic) bond motifs is 1. The molecule has 5 rings (SSSR count). The molecule has 0 spiro atoms. The average molecular weight is 526 g/mol. The van der Waals surface area contributed by atoms with Crippen LogP contribution in [0.15, 0.2) is 24.5 Å². The summed E-state index contributed by atoms with van der Waals surface area (Å²) in [4.78, 5) is 37.3. The minimum Gasteiger partial charge on any atom is -0.493 e. The van der Waals surface area contributed by atoms with Gasteiger partial charge in [-0.2, -0.15) is 0 Å². The number of benzene rings is 1. The third kappa shape index (κ3) is 5.35.